The van der Waals surface area contributed by atoms with Crippen LogP contribution in [0.5, 0.6) is 0 Å². The first-order chi connectivity index (χ1) is 10.9. The molecule has 0 saturated heterocycles. The molecule has 136 valence electrons. The van der Waals surface area contributed by atoms with Gasteiger partial charge in [-0.05, 0) is 6.42 Å². The monoisotopic (exact) mass is 388 g/mol. The van der Waals surface area contributed by atoms with Crippen LogP contribution in [0.2, 0.25) is 16.6 Å². The predicted octanol–water partition coefficient (Wildman–Crippen LogP) is 6.33. The number of carbonyl (C=O) groups is 1. The van der Waals surface area contributed by atoms with Gasteiger partial charge in [-0.15, -0.1) is 0 Å². The molecule has 0 rings (SSSR count). The fourth-order valence-corrected chi connectivity index (χ4v) is 4.66. The normalized spacial score (nSPS) is 12.1. The third-order valence-electron chi connectivity index (χ3n) is 4.00. The average Bonchev–Trinajstić information content (AvgIpc) is 2.45. The summed E-state index contributed by atoms with van der Waals surface area (Å²) in [5.74, 6) is -0.676. The Morgan fingerprint density at radius 2 is 1.22 bits per heavy atom. The van der Waals surface area contributed by atoms with Crippen LogP contribution in [0.4, 0.5) is 0 Å². The molecular formula is C19H37AsO3. The van der Waals surface area contributed by atoms with E-state index < -0.39 is 19.5 Å². The molecule has 0 amide bonds. The molecule has 0 aliphatic carbocycles. The second kappa shape index (κ2) is 15.1. The van der Waals surface area contributed by atoms with Crippen LogP contribution in [0.1, 0.15) is 83.5 Å². The fraction of sp³-hybridized carbons (Fsp3) is 0.842. The van der Waals surface area contributed by atoms with E-state index in [4.69, 9.17) is 5.11 Å². The standard InChI is InChI=1S/C19H37AsO3/c1-20(2,23)18-16-14-12-10-8-6-4-3-5-7-9-11-13-15-17-19(21)22/h3-4H,5-18H2,1-2H3,(H,21,22). The fourth-order valence-electron chi connectivity index (χ4n) is 2.59. The number of carboxylic acids is 1. The van der Waals surface area contributed by atoms with Gasteiger partial charge in [-0.25, -0.2) is 0 Å². The summed E-state index contributed by atoms with van der Waals surface area (Å²) in [6, 6.07) is 0. The van der Waals surface area contributed by atoms with Crippen LogP contribution >= 0.6 is 0 Å². The summed E-state index contributed by atoms with van der Waals surface area (Å²) >= 11 is -2.36. The van der Waals surface area contributed by atoms with E-state index in [1.165, 1.54) is 44.9 Å². The molecule has 0 unspecified atom stereocenters. The Morgan fingerprint density at radius 3 is 1.70 bits per heavy atom. The minimum atomic E-state index is -2.36. The third kappa shape index (κ3) is 21.6. The van der Waals surface area contributed by atoms with Gasteiger partial charge in [-0.3, -0.25) is 4.79 Å². The summed E-state index contributed by atoms with van der Waals surface area (Å²) < 4.78 is 11.6. The molecule has 0 aliphatic rings. The molecule has 0 bridgehead atoms. The van der Waals surface area contributed by atoms with Crippen LogP contribution in [0.3, 0.4) is 0 Å². The first-order valence-corrected chi connectivity index (χ1v) is 15.2. The number of carboxylic acid groups (broad SMARTS) is 1. The number of hydrogen-bond acceptors (Lipinski definition) is 2. The topological polar surface area (TPSA) is 54.4 Å². The van der Waals surface area contributed by atoms with Crippen LogP contribution in [-0.4, -0.2) is 24.6 Å². The zero-order chi connectivity index (χ0) is 17.4. The minimum absolute atomic E-state index is 0.316. The van der Waals surface area contributed by atoms with Crippen molar-refractivity contribution in [3.05, 3.63) is 12.2 Å². The Labute approximate surface area is 145 Å². The number of hydrogen-bond donors (Lipinski definition) is 1. The summed E-state index contributed by atoms with van der Waals surface area (Å²) in [5.41, 5.74) is 3.89. The molecule has 0 aromatic carbocycles. The number of rotatable bonds is 16. The molecule has 4 heteroatoms. The minimum Gasteiger partial charge on any atom is -0.481 e. The van der Waals surface area contributed by atoms with Gasteiger partial charge in [0.1, 0.15) is 0 Å². The van der Waals surface area contributed by atoms with Crippen LogP contribution in [0.25, 0.3) is 0 Å². The zero-order valence-corrected chi connectivity index (χ0v) is 17.1. The average molecular weight is 388 g/mol. The van der Waals surface area contributed by atoms with Crippen molar-refractivity contribution in [2.24, 2.45) is 0 Å². The van der Waals surface area contributed by atoms with E-state index in [1.54, 1.807) is 0 Å². The molecular weight excluding hydrogens is 351 g/mol. The van der Waals surface area contributed by atoms with Gasteiger partial charge in [-0.1, -0.05) is 12.8 Å². The Bertz CT molecular complexity index is 358. The maximum atomic E-state index is 11.6. The Hall–Kier alpha value is -0.432. The molecule has 0 saturated carbocycles. The number of allylic oxidation sites excluding steroid dienone is 2. The number of aliphatic carboxylic acids is 1. The summed E-state index contributed by atoms with van der Waals surface area (Å²) in [7, 11) is 0. The van der Waals surface area contributed by atoms with Crippen LogP contribution in [0, 0.1) is 0 Å². The number of unbranched alkanes of at least 4 members (excludes halogenated alkanes) is 10. The van der Waals surface area contributed by atoms with Crippen molar-refractivity contribution in [2.75, 3.05) is 0 Å². The van der Waals surface area contributed by atoms with E-state index in [0.717, 1.165) is 37.3 Å². The molecule has 0 aromatic heterocycles. The van der Waals surface area contributed by atoms with Gasteiger partial charge in [0.15, 0.2) is 0 Å². The first kappa shape index (κ1) is 22.6. The van der Waals surface area contributed by atoms with E-state index >= 15 is 0 Å². The second-order valence-electron chi connectivity index (χ2n) is 7.03. The molecule has 0 spiro atoms. The molecule has 0 radical (unpaired) electrons. The summed E-state index contributed by atoms with van der Waals surface area (Å²) in [5, 5.41) is 9.50. The Morgan fingerprint density at radius 1 is 0.783 bits per heavy atom. The first-order valence-electron chi connectivity index (χ1n) is 9.32. The van der Waals surface area contributed by atoms with Gasteiger partial charge >= 0.3 is 110 Å². The molecule has 0 aromatic rings. The van der Waals surface area contributed by atoms with Gasteiger partial charge in [0, 0.05) is 6.42 Å². The molecule has 3 nitrogen and oxygen atoms in total. The Kier molecular flexibility index (Phi) is 14.8. The molecule has 0 atom stereocenters. The van der Waals surface area contributed by atoms with Crippen molar-refractivity contribution in [3.63, 3.8) is 0 Å². The molecule has 0 heterocycles. The zero-order valence-electron chi connectivity index (χ0n) is 15.3. The second-order valence-corrected chi connectivity index (χ2v) is 14.6. The summed E-state index contributed by atoms with van der Waals surface area (Å²) in [4.78, 5) is 10.4. The van der Waals surface area contributed by atoms with E-state index in [-0.39, 0.29) is 0 Å². The predicted molar refractivity (Wildman–Crippen MR) is 99.8 cm³/mol. The van der Waals surface area contributed by atoms with Gasteiger partial charge in [0.2, 0.25) is 0 Å². The van der Waals surface area contributed by atoms with Gasteiger partial charge in [-0.2, -0.15) is 0 Å². The smallest absolute Gasteiger partial charge is 0.481 e. The van der Waals surface area contributed by atoms with E-state index in [0.29, 0.717) is 6.42 Å². The molecule has 0 fully saturated rings. The molecule has 23 heavy (non-hydrogen) atoms. The van der Waals surface area contributed by atoms with E-state index in [9.17, 15) is 8.53 Å². The van der Waals surface area contributed by atoms with E-state index in [1.807, 2.05) is 11.4 Å². The SMILES string of the molecule is C[As](C)(=O)CCCCCCCC=CCCCCCCCC(=O)O. The summed E-state index contributed by atoms with van der Waals surface area (Å²) in [6.07, 6.45) is 18.9. The van der Waals surface area contributed by atoms with Crippen molar-refractivity contribution in [1.82, 2.24) is 0 Å². The third-order valence-corrected chi connectivity index (χ3v) is 6.92. The van der Waals surface area contributed by atoms with E-state index in [2.05, 4.69) is 12.2 Å². The van der Waals surface area contributed by atoms with Gasteiger partial charge in [0.25, 0.3) is 0 Å². The molecule has 1 N–H and O–H groups in total. The van der Waals surface area contributed by atoms with Crippen molar-refractivity contribution in [1.29, 1.82) is 0 Å². The molecule has 0 aliphatic heterocycles. The summed E-state index contributed by atoms with van der Waals surface area (Å²) in [6.45, 7) is 0. The quantitative estimate of drug-likeness (QED) is 0.191. The van der Waals surface area contributed by atoms with Crippen LogP contribution < -0.4 is 0 Å². The van der Waals surface area contributed by atoms with Crippen LogP contribution in [0.15, 0.2) is 12.2 Å². The van der Waals surface area contributed by atoms with Gasteiger partial charge < -0.3 is 5.11 Å². The van der Waals surface area contributed by atoms with Crippen molar-refractivity contribution >= 4 is 19.5 Å². The maximum absolute atomic E-state index is 11.6. The van der Waals surface area contributed by atoms with Crippen LogP contribution in [-0.2, 0) is 8.53 Å². The van der Waals surface area contributed by atoms with Crippen molar-refractivity contribution in [3.8, 4) is 0 Å². The van der Waals surface area contributed by atoms with Crippen molar-refractivity contribution in [2.45, 2.75) is 100 Å². The van der Waals surface area contributed by atoms with Gasteiger partial charge in [0.05, 0.1) is 0 Å². The van der Waals surface area contributed by atoms with Crippen molar-refractivity contribution < 1.29 is 13.6 Å². The Balaban J connectivity index is 3.17.